The van der Waals surface area contributed by atoms with Crippen LogP contribution < -0.4 is 29.6 Å². The van der Waals surface area contributed by atoms with Crippen molar-refractivity contribution in [3.63, 3.8) is 0 Å². The van der Waals surface area contributed by atoms with Gasteiger partial charge in [0, 0.05) is 0 Å². The van der Waals surface area contributed by atoms with E-state index in [-0.39, 0.29) is 42.6 Å². The van der Waals surface area contributed by atoms with Gasteiger partial charge in [-0.1, -0.05) is 0 Å². The molecule has 68 valence electrons. The van der Waals surface area contributed by atoms with Crippen LogP contribution in [0.5, 0.6) is 0 Å². The summed E-state index contributed by atoms with van der Waals surface area (Å²) in [4.78, 5) is 41.6. The Morgan fingerprint density at radius 1 is 1.43 bits per heavy atom. The Kier molecular flexibility index (Phi) is 5.63. The molecule has 1 aromatic heterocycles. The van der Waals surface area contributed by atoms with E-state index in [4.69, 9.17) is 11.6 Å². The first kappa shape index (κ1) is 13.3. The minimum atomic E-state index is -1.22. The number of rotatable bonds is 3. The van der Waals surface area contributed by atoms with Crippen LogP contribution in [0.1, 0.15) is 12.0 Å². The Balaban J connectivity index is 0. The maximum Gasteiger partial charge on any atom is 1.00 e. The van der Waals surface area contributed by atoms with Crippen molar-refractivity contribution in [2.24, 2.45) is 0 Å². The molecule has 0 N–H and O–H groups in total. The van der Waals surface area contributed by atoms with Crippen LogP contribution in [0.25, 0.3) is 0 Å². The van der Waals surface area contributed by atoms with Gasteiger partial charge < -0.3 is 1.43 Å². The molecule has 0 aromatic carbocycles. The monoisotopic (exact) mass is 223 g/mol. The Morgan fingerprint density at radius 3 is 2.57 bits per heavy atom. The van der Waals surface area contributed by atoms with E-state index in [0.717, 1.165) is 6.33 Å². The van der Waals surface area contributed by atoms with E-state index in [1.165, 1.54) is 0 Å². The second kappa shape index (κ2) is 5.92. The quantitative estimate of drug-likeness (QED) is 0.174. The van der Waals surface area contributed by atoms with Gasteiger partial charge in [-0.05, 0) is 11.6 Å². The van der Waals surface area contributed by atoms with Crippen molar-refractivity contribution in [1.82, 2.24) is 15.0 Å². The second-order valence-electron chi connectivity index (χ2n) is 1.89. The maximum absolute atomic E-state index is 10.9. The first-order chi connectivity index (χ1) is 6.15. The Hall–Kier alpha value is -0.690. The molecule has 1 rings (SSSR count). The number of carbonyl (C=O) groups excluding carboxylic acids is 3. The fraction of sp³-hybridized carbons (Fsp3) is 0. The summed E-state index contributed by atoms with van der Waals surface area (Å²) in [6.45, 7) is 0. The third kappa shape index (κ3) is 3.22. The molecule has 0 saturated carbocycles. The van der Waals surface area contributed by atoms with Crippen molar-refractivity contribution in [2.45, 2.75) is 0 Å². The summed E-state index contributed by atoms with van der Waals surface area (Å²) < 4.78 is 0. The predicted molar refractivity (Wildman–Crippen MR) is 41.4 cm³/mol. The van der Waals surface area contributed by atoms with Crippen molar-refractivity contribution >= 4 is 29.5 Å². The van der Waals surface area contributed by atoms with Gasteiger partial charge in [0.1, 0.15) is 6.33 Å². The zero-order valence-electron chi connectivity index (χ0n) is 8.10. The molecule has 0 spiro atoms. The molecular weight excluding hydrogens is 221 g/mol. The molecule has 0 aliphatic rings. The summed E-state index contributed by atoms with van der Waals surface area (Å²) in [5.41, 5.74) is 0. The number of Topliss-reactive ketones (excluding diaryl/α,β-unsaturated/α-hetero) is 2. The molecule has 0 saturated heterocycles. The van der Waals surface area contributed by atoms with E-state index in [1.54, 1.807) is 0 Å². The summed E-state index contributed by atoms with van der Waals surface area (Å²) in [7, 11) is 0. The predicted octanol–water partition coefficient (Wildman–Crippen LogP) is -3.41. The SMILES string of the molecule is O=CC(=O)C(=O)c1ncnc(Cl)n1.[H-].[Na+]. The van der Waals surface area contributed by atoms with Gasteiger partial charge in [-0.3, -0.25) is 14.4 Å². The minimum absolute atomic E-state index is 0. The average Bonchev–Trinajstić information content (AvgIpc) is 2.15. The summed E-state index contributed by atoms with van der Waals surface area (Å²) in [6.07, 6.45) is 0.862. The molecular formula is C6H3ClN3NaO3. The zero-order valence-corrected chi connectivity index (χ0v) is 9.85. The molecule has 0 atom stereocenters. The third-order valence-corrected chi connectivity index (χ3v) is 1.26. The smallest absolute Gasteiger partial charge is 1.00 e. The molecule has 0 radical (unpaired) electrons. The van der Waals surface area contributed by atoms with Crippen LogP contribution in [-0.4, -0.2) is 32.8 Å². The summed E-state index contributed by atoms with van der Waals surface area (Å²) >= 11 is 5.32. The van der Waals surface area contributed by atoms with E-state index in [1.807, 2.05) is 0 Å². The van der Waals surface area contributed by atoms with Gasteiger partial charge in [0.25, 0.3) is 11.6 Å². The van der Waals surface area contributed by atoms with E-state index in [9.17, 15) is 14.4 Å². The van der Waals surface area contributed by atoms with Crippen LogP contribution >= 0.6 is 11.6 Å². The molecule has 14 heavy (non-hydrogen) atoms. The molecule has 1 aromatic rings. The molecule has 0 aliphatic heterocycles. The average molecular weight is 224 g/mol. The molecule has 6 nitrogen and oxygen atoms in total. The van der Waals surface area contributed by atoms with Crippen LogP contribution in [0.3, 0.4) is 0 Å². The zero-order chi connectivity index (χ0) is 9.84. The number of aromatic nitrogens is 3. The van der Waals surface area contributed by atoms with Crippen molar-refractivity contribution in [3.8, 4) is 0 Å². The first-order valence-corrected chi connectivity index (χ1v) is 3.41. The molecule has 0 bridgehead atoms. The van der Waals surface area contributed by atoms with Gasteiger partial charge >= 0.3 is 29.6 Å². The fourth-order valence-corrected chi connectivity index (χ4v) is 0.673. The molecule has 8 heteroatoms. The van der Waals surface area contributed by atoms with Gasteiger partial charge in [0.2, 0.25) is 11.1 Å². The normalized spacial score (nSPS) is 8.64. The van der Waals surface area contributed by atoms with Crippen LogP contribution in [0.4, 0.5) is 0 Å². The van der Waals surface area contributed by atoms with Gasteiger partial charge in [-0.2, -0.15) is 4.98 Å². The van der Waals surface area contributed by atoms with Crippen molar-refractivity contribution in [1.29, 1.82) is 0 Å². The van der Waals surface area contributed by atoms with Gasteiger partial charge in [-0.15, -0.1) is 0 Å². The van der Waals surface area contributed by atoms with Crippen molar-refractivity contribution in [2.75, 3.05) is 0 Å². The van der Waals surface area contributed by atoms with E-state index in [0.29, 0.717) is 0 Å². The van der Waals surface area contributed by atoms with E-state index >= 15 is 0 Å². The molecule has 0 amide bonds. The number of ketones is 2. The topological polar surface area (TPSA) is 89.9 Å². The fourth-order valence-electron chi connectivity index (χ4n) is 0.549. The van der Waals surface area contributed by atoms with Crippen LogP contribution in [-0.2, 0) is 9.59 Å². The molecule has 0 aliphatic carbocycles. The number of hydrogen-bond acceptors (Lipinski definition) is 6. The number of hydrogen-bond donors (Lipinski definition) is 0. The number of aldehydes is 1. The van der Waals surface area contributed by atoms with Crippen molar-refractivity contribution < 1.29 is 45.4 Å². The molecule has 1 heterocycles. The van der Waals surface area contributed by atoms with Crippen LogP contribution in [0.2, 0.25) is 5.28 Å². The maximum atomic E-state index is 10.9. The van der Waals surface area contributed by atoms with Crippen LogP contribution in [0.15, 0.2) is 6.33 Å². The van der Waals surface area contributed by atoms with Crippen LogP contribution in [0, 0.1) is 0 Å². The molecule has 0 unspecified atom stereocenters. The minimum Gasteiger partial charge on any atom is -1.00 e. The van der Waals surface area contributed by atoms with Crippen molar-refractivity contribution in [3.05, 3.63) is 17.4 Å². The second-order valence-corrected chi connectivity index (χ2v) is 2.23. The van der Waals surface area contributed by atoms with E-state index in [2.05, 4.69) is 15.0 Å². The largest absolute Gasteiger partial charge is 1.00 e. The standard InChI is InChI=1S/C6H2ClN3O3.Na.H/c7-6-9-2-8-5(10-6)4(13)3(12)1-11;;/h1-2H;;/q;+1;-1. The van der Waals surface area contributed by atoms with Gasteiger partial charge in [0.05, 0.1) is 0 Å². The van der Waals surface area contributed by atoms with E-state index < -0.39 is 17.4 Å². The Labute approximate surface area is 107 Å². The third-order valence-electron chi connectivity index (χ3n) is 1.08. The Morgan fingerprint density at radius 2 is 2.07 bits per heavy atom. The number of carbonyl (C=O) groups is 3. The summed E-state index contributed by atoms with van der Waals surface area (Å²) in [5, 5.41) is -0.211. The number of halogens is 1. The molecule has 0 fully saturated rings. The van der Waals surface area contributed by atoms with Gasteiger partial charge in [-0.25, -0.2) is 9.97 Å². The summed E-state index contributed by atoms with van der Waals surface area (Å²) in [6, 6.07) is 0. The summed E-state index contributed by atoms with van der Waals surface area (Å²) in [5.74, 6) is -2.75. The first-order valence-electron chi connectivity index (χ1n) is 3.03. The Bertz CT molecular complexity index is 390. The van der Waals surface area contributed by atoms with Gasteiger partial charge in [0.15, 0.2) is 6.29 Å². The number of nitrogens with zero attached hydrogens (tertiary/aromatic N) is 3.